The average molecular weight is 371 g/mol. The molecule has 2 N–H and O–H groups in total. The molecule has 142 valence electrons. The number of likely N-dealkylation sites (tertiary alicyclic amines) is 1. The number of rotatable bonds is 1. The lowest BCUT2D eigenvalue weighted by Gasteiger charge is -2.40. The van der Waals surface area contributed by atoms with Gasteiger partial charge in [0.1, 0.15) is 5.82 Å². The van der Waals surface area contributed by atoms with Crippen LogP contribution in [0.4, 0.5) is 5.82 Å². The highest BCUT2D eigenvalue weighted by Crippen LogP contribution is 2.47. The number of piperidine rings is 1. The lowest BCUT2D eigenvalue weighted by atomic mass is 9.73. The first-order valence-corrected chi connectivity index (χ1v) is 10.1. The van der Waals surface area contributed by atoms with Crippen molar-refractivity contribution in [2.24, 2.45) is 0 Å². The van der Waals surface area contributed by atoms with E-state index in [1.54, 1.807) is 13.1 Å². The summed E-state index contributed by atoms with van der Waals surface area (Å²) in [6.07, 6.45) is 6.26. The van der Waals surface area contributed by atoms with Crippen LogP contribution in [0.5, 0.6) is 0 Å². The first-order chi connectivity index (χ1) is 13.6. The first kappa shape index (κ1) is 17.2. The molecule has 1 saturated heterocycles. The van der Waals surface area contributed by atoms with Gasteiger partial charge in [0.25, 0.3) is 0 Å². The van der Waals surface area contributed by atoms with E-state index in [1.807, 2.05) is 17.0 Å². The first-order valence-electron chi connectivity index (χ1n) is 10.1. The molecule has 1 aliphatic carbocycles. The van der Waals surface area contributed by atoms with Crippen LogP contribution in [0.1, 0.15) is 37.3 Å². The van der Waals surface area contributed by atoms with E-state index in [4.69, 9.17) is 5.73 Å². The molecule has 3 aromatic rings. The van der Waals surface area contributed by atoms with Crippen LogP contribution in [-0.4, -0.2) is 28.9 Å². The number of nitrogens with two attached hydrogens (primary N) is 1. The van der Waals surface area contributed by atoms with Crippen LogP contribution >= 0.6 is 0 Å². The van der Waals surface area contributed by atoms with E-state index in [-0.39, 0.29) is 11.3 Å². The standard InChI is InChI=1S/C24H25N3O/c1-16(28)27-13-10-24(11-14-27)9-7-18-15-17(5-6-22(18)24)19-3-2-4-21-20(19)8-12-26-23(21)25/h2-6,8,12,15H,7,9-11,13-14H2,1H3,(H2,25,26). The molecule has 1 aliphatic heterocycles. The summed E-state index contributed by atoms with van der Waals surface area (Å²) in [6, 6.07) is 15.3. The Labute approximate surface area is 165 Å². The number of pyridine rings is 1. The zero-order valence-electron chi connectivity index (χ0n) is 16.2. The van der Waals surface area contributed by atoms with Gasteiger partial charge < -0.3 is 10.6 Å². The van der Waals surface area contributed by atoms with Crippen LogP contribution in [-0.2, 0) is 16.6 Å². The Balaban J connectivity index is 1.52. The molecule has 1 fully saturated rings. The minimum absolute atomic E-state index is 0.202. The van der Waals surface area contributed by atoms with Gasteiger partial charge in [-0.1, -0.05) is 36.4 Å². The number of aromatic nitrogens is 1. The van der Waals surface area contributed by atoms with Gasteiger partial charge in [0.05, 0.1) is 0 Å². The molecule has 0 atom stereocenters. The molecule has 0 unspecified atom stereocenters. The molecule has 2 aliphatic rings. The van der Waals surface area contributed by atoms with Crippen molar-refractivity contribution in [1.29, 1.82) is 0 Å². The SMILES string of the molecule is CC(=O)N1CCC2(CCc3cc(-c4cccc5c(N)nccc45)ccc32)CC1. The maximum Gasteiger partial charge on any atom is 0.219 e. The predicted molar refractivity (Wildman–Crippen MR) is 113 cm³/mol. The normalized spacial score (nSPS) is 17.8. The Hall–Kier alpha value is -2.88. The van der Waals surface area contributed by atoms with Crippen LogP contribution in [0.2, 0.25) is 0 Å². The molecule has 28 heavy (non-hydrogen) atoms. The highest BCUT2D eigenvalue weighted by molar-refractivity contribution is 6.01. The molecule has 1 spiro atoms. The number of carbonyl (C=O) groups is 1. The second-order valence-corrected chi connectivity index (χ2v) is 8.26. The van der Waals surface area contributed by atoms with Gasteiger partial charge in [-0.2, -0.15) is 0 Å². The Morgan fingerprint density at radius 1 is 1.07 bits per heavy atom. The largest absolute Gasteiger partial charge is 0.383 e. The van der Waals surface area contributed by atoms with Gasteiger partial charge in [-0.3, -0.25) is 4.79 Å². The second-order valence-electron chi connectivity index (χ2n) is 8.26. The second kappa shape index (κ2) is 6.33. The Kier molecular flexibility index (Phi) is 3.90. The van der Waals surface area contributed by atoms with Crippen molar-refractivity contribution in [2.75, 3.05) is 18.8 Å². The van der Waals surface area contributed by atoms with Crippen molar-refractivity contribution >= 4 is 22.5 Å². The van der Waals surface area contributed by atoms with Crippen LogP contribution in [0.15, 0.2) is 48.7 Å². The van der Waals surface area contributed by atoms with E-state index < -0.39 is 0 Å². The average Bonchev–Trinajstić information content (AvgIpc) is 3.06. The van der Waals surface area contributed by atoms with E-state index in [2.05, 4.69) is 35.3 Å². The summed E-state index contributed by atoms with van der Waals surface area (Å²) in [7, 11) is 0. The summed E-state index contributed by atoms with van der Waals surface area (Å²) < 4.78 is 0. The lowest BCUT2D eigenvalue weighted by molar-refractivity contribution is -0.130. The number of hydrogen-bond acceptors (Lipinski definition) is 3. The van der Waals surface area contributed by atoms with E-state index >= 15 is 0 Å². The highest BCUT2D eigenvalue weighted by Gasteiger charge is 2.41. The molecule has 0 saturated carbocycles. The van der Waals surface area contributed by atoms with Crippen LogP contribution in [0, 0.1) is 0 Å². The molecule has 4 heteroatoms. The summed E-state index contributed by atoms with van der Waals surface area (Å²) in [6.45, 7) is 3.44. The summed E-state index contributed by atoms with van der Waals surface area (Å²) in [4.78, 5) is 17.9. The monoisotopic (exact) mass is 371 g/mol. The number of nitrogens with zero attached hydrogens (tertiary/aromatic N) is 2. The van der Waals surface area contributed by atoms with E-state index in [9.17, 15) is 4.79 Å². The number of aryl methyl sites for hydroxylation is 1. The number of amides is 1. The van der Waals surface area contributed by atoms with Crippen molar-refractivity contribution in [3.8, 4) is 11.1 Å². The molecular formula is C24H25N3O. The molecule has 5 rings (SSSR count). The summed E-state index contributed by atoms with van der Waals surface area (Å²) >= 11 is 0. The fourth-order valence-electron chi connectivity index (χ4n) is 5.24. The Morgan fingerprint density at radius 2 is 1.89 bits per heavy atom. The van der Waals surface area contributed by atoms with Crippen molar-refractivity contribution in [3.63, 3.8) is 0 Å². The molecule has 0 bridgehead atoms. The summed E-state index contributed by atoms with van der Waals surface area (Å²) in [5, 5.41) is 2.16. The fourth-order valence-corrected chi connectivity index (χ4v) is 5.24. The van der Waals surface area contributed by atoms with Gasteiger partial charge in [-0.25, -0.2) is 4.98 Å². The van der Waals surface area contributed by atoms with Crippen LogP contribution in [0.25, 0.3) is 21.9 Å². The smallest absolute Gasteiger partial charge is 0.219 e. The van der Waals surface area contributed by atoms with E-state index in [1.165, 1.54) is 28.7 Å². The molecule has 4 nitrogen and oxygen atoms in total. The van der Waals surface area contributed by atoms with Crippen molar-refractivity contribution < 1.29 is 4.79 Å². The topological polar surface area (TPSA) is 59.2 Å². The third kappa shape index (κ3) is 2.59. The minimum Gasteiger partial charge on any atom is -0.383 e. The number of fused-ring (bicyclic) bond motifs is 3. The summed E-state index contributed by atoms with van der Waals surface area (Å²) in [5.41, 5.74) is 11.8. The molecule has 2 heterocycles. The van der Waals surface area contributed by atoms with Gasteiger partial charge in [0.15, 0.2) is 0 Å². The third-order valence-electron chi connectivity index (χ3n) is 6.86. The number of carbonyl (C=O) groups excluding carboxylic acids is 1. The van der Waals surface area contributed by atoms with Gasteiger partial charge in [-0.15, -0.1) is 0 Å². The third-order valence-corrected chi connectivity index (χ3v) is 6.86. The van der Waals surface area contributed by atoms with Crippen molar-refractivity contribution in [3.05, 3.63) is 59.8 Å². The molecule has 0 radical (unpaired) electrons. The Bertz CT molecular complexity index is 1080. The number of benzene rings is 2. The van der Waals surface area contributed by atoms with Crippen molar-refractivity contribution in [1.82, 2.24) is 9.88 Å². The zero-order valence-corrected chi connectivity index (χ0v) is 16.2. The van der Waals surface area contributed by atoms with Crippen LogP contribution in [0.3, 0.4) is 0 Å². The van der Waals surface area contributed by atoms with Gasteiger partial charge in [0, 0.05) is 31.6 Å². The maximum atomic E-state index is 11.7. The van der Waals surface area contributed by atoms with Crippen LogP contribution < -0.4 is 5.73 Å². The predicted octanol–water partition coefficient (Wildman–Crippen LogP) is 4.31. The molecule has 1 amide bonds. The fraction of sp³-hybridized carbons (Fsp3) is 0.333. The number of anilines is 1. The van der Waals surface area contributed by atoms with E-state index in [0.717, 1.165) is 43.1 Å². The van der Waals surface area contributed by atoms with E-state index in [0.29, 0.717) is 5.82 Å². The van der Waals surface area contributed by atoms with Crippen molar-refractivity contribution in [2.45, 2.75) is 38.0 Å². The molecule has 2 aromatic carbocycles. The van der Waals surface area contributed by atoms with Gasteiger partial charge in [-0.05, 0) is 64.8 Å². The van der Waals surface area contributed by atoms with Gasteiger partial charge in [0.2, 0.25) is 5.91 Å². The quantitative estimate of drug-likeness (QED) is 0.693. The van der Waals surface area contributed by atoms with Gasteiger partial charge >= 0.3 is 0 Å². The molecular weight excluding hydrogens is 346 g/mol. The maximum absolute atomic E-state index is 11.7. The lowest BCUT2D eigenvalue weighted by Crippen LogP contribution is -2.43. The highest BCUT2D eigenvalue weighted by atomic mass is 16.2. The minimum atomic E-state index is 0.202. The number of hydrogen-bond donors (Lipinski definition) is 1. The molecule has 1 aromatic heterocycles. The zero-order chi connectivity index (χ0) is 19.3. The summed E-state index contributed by atoms with van der Waals surface area (Å²) in [5.74, 6) is 0.782. The Morgan fingerprint density at radius 3 is 2.68 bits per heavy atom. The number of nitrogen functional groups attached to an aromatic ring is 1.